The van der Waals surface area contributed by atoms with Crippen LogP contribution in [0.3, 0.4) is 0 Å². The Morgan fingerprint density at radius 2 is 2.12 bits per heavy atom. The first-order valence-electron chi connectivity index (χ1n) is 5.48. The van der Waals surface area contributed by atoms with Crippen molar-refractivity contribution in [3.63, 3.8) is 0 Å². The van der Waals surface area contributed by atoms with Crippen LogP contribution in [0.2, 0.25) is 0 Å². The molecule has 4 heteroatoms. The Bertz CT molecular complexity index is 372. The maximum Gasteiger partial charge on any atom is 0.191 e. The van der Waals surface area contributed by atoms with Gasteiger partial charge >= 0.3 is 0 Å². The fraction of sp³-hybridized carbons (Fsp3) is 0.417. The summed E-state index contributed by atoms with van der Waals surface area (Å²) in [6, 6.07) is 8.31. The maximum absolute atomic E-state index is 5.13. The first-order valence-corrected chi connectivity index (χ1v) is 5.48. The van der Waals surface area contributed by atoms with Crippen LogP contribution < -0.4 is 15.4 Å². The van der Waals surface area contributed by atoms with E-state index >= 15 is 0 Å². The van der Waals surface area contributed by atoms with Crippen LogP contribution in [0.1, 0.15) is 18.5 Å². The van der Waals surface area contributed by atoms with Gasteiger partial charge in [0, 0.05) is 6.54 Å². The fourth-order valence-electron chi connectivity index (χ4n) is 1.68. The Morgan fingerprint density at radius 3 is 2.69 bits per heavy atom. The van der Waals surface area contributed by atoms with E-state index in [-0.39, 0.29) is 6.04 Å². The van der Waals surface area contributed by atoms with Gasteiger partial charge in [0.25, 0.3) is 0 Å². The lowest BCUT2D eigenvalue weighted by molar-refractivity contribution is 0.414. The van der Waals surface area contributed by atoms with Gasteiger partial charge in [-0.25, -0.2) is 0 Å². The van der Waals surface area contributed by atoms with Crippen molar-refractivity contribution in [2.45, 2.75) is 13.0 Å². The van der Waals surface area contributed by atoms with E-state index < -0.39 is 0 Å². The molecule has 4 nitrogen and oxygen atoms in total. The molecule has 0 saturated carbocycles. The van der Waals surface area contributed by atoms with E-state index in [2.05, 4.69) is 34.7 Å². The molecule has 1 aromatic rings. The number of aliphatic imine (C=N–C) groups is 1. The summed E-state index contributed by atoms with van der Waals surface area (Å²) < 4.78 is 5.13. The quantitative estimate of drug-likeness (QED) is 0.805. The third kappa shape index (κ3) is 2.45. The highest BCUT2D eigenvalue weighted by molar-refractivity contribution is 5.81. The van der Waals surface area contributed by atoms with Gasteiger partial charge < -0.3 is 15.4 Å². The van der Waals surface area contributed by atoms with Gasteiger partial charge in [0.2, 0.25) is 0 Å². The van der Waals surface area contributed by atoms with Gasteiger partial charge in [-0.1, -0.05) is 12.1 Å². The molecule has 2 rings (SSSR count). The second kappa shape index (κ2) is 4.88. The minimum Gasteiger partial charge on any atom is -0.497 e. The zero-order valence-electron chi connectivity index (χ0n) is 9.66. The molecule has 86 valence electrons. The van der Waals surface area contributed by atoms with Crippen molar-refractivity contribution in [1.82, 2.24) is 10.6 Å². The van der Waals surface area contributed by atoms with Crippen LogP contribution in [-0.4, -0.2) is 26.2 Å². The van der Waals surface area contributed by atoms with Gasteiger partial charge in [0.1, 0.15) is 5.75 Å². The predicted octanol–water partition coefficient (Wildman–Crippen LogP) is 1.30. The zero-order valence-corrected chi connectivity index (χ0v) is 9.66. The first kappa shape index (κ1) is 10.8. The molecule has 0 unspecified atom stereocenters. The Kier molecular flexibility index (Phi) is 3.29. The molecule has 0 fully saturated rings. The molecule has 1 aliphatic rings. The van der Waals surface area contributed by atoms with E-state index in [0.29, 0.717) is 0 Å². The summed E-state index contributed by atoms with van der Waals surface area (Å²) in [5.74, 6) is 1.77. The minimum absolute atomic E-state index is 0.246. The van der Waals surface area contributed by atoms with Crippen molar-refractivity contribution in [1.29, 1.82) is 0 Å². The van der Waals surface area contributed by atoms with Crippen LogP contribution >= 0.6 is 0 Å². The van der Waals surface area contributed by atoms with Crippen molar-refractivity contribution in [2.24, 2.45) is 4.99 Å². The second-order valence-electron chi connectivity index (χ2n) is 3.80. The summed E-state index contributed by atoms with van der Waals surface area (Å²) in [5.41, 5.74) is 1.22. The summed E-state index contributed by atoms with van der Waals surface area (Å²) in [6.07, 6.45) is 0. The van der Waals surface area contributed by atoms with Crippen LogP contribution in [0, 0.1) is 0 Å². The minimum atomic E-state index is 0.246. The van der Waals surface area contributed by atoms with Gasteiger partial charge in [-0.15, -0.1) is 0 Å². The summed E-state index contributed by atoms with van der Waals surface area (Å²) in [4.78, 5) is 4.30. The van der Waals surface area contributed by atoms with Crippen molar-refractivity contribution < 1.29 is 4.74 Å². The predicted molar refractivity (Wildman–Crippen MR) is 64.8 cm³/mol. The molecule has 0 aromatic heterocycles. The number of methoxy groups -OCH3 is 1. The topological polar surface area (TPSA) is 45.6 Å². The summed E-state index contributed by atoms with van der Waals surface area (Å²) in [5, 5.41) is 6.52. The fourth-order valence-corrected chi connectivity index (χ4v) is 1.68. The number of hydrogen-bond donors (Lipinski definition) is 2. The highest BCUT2D eigenvalue weighted by Crippen LogP contribution is 2.17. The molecule has 0 amide bonds. The van der Waals surface area contributed by atoms with Gasteiger partial charge in [0.05, 0.1) is 19.7 Å². The SMILES string of the molecule is COc1ccc([C@H](C)NC2=NCCN2)cc1. The molecule has 0 radical (unpaired) electrons. The van der Waals surface area contributed by atoms with E-state index in [1.807, 2.05) is 12.1 Å². The van der Waals surface area contributed by atoms with E-state index in [1.54, 1.807) is 7.11 Å². The number of guanidine groups is 1. The molecule has 1 atom stereocenters. The Hall–Kier alpha value is -1.71. The molecule has 0 spiro atoms. The van der Waals surface area contributed by atoms with Crippen LogP contribution in [0.4, 0.5) is 0 Å². The van der Waals surface area contributed by atoms with E-state index in [4.69, 9.17) is 4.74 Å². The summed E-state index contributed by atoms with van der Waals surface area (Å²) in [7, 11) is 1.67. The molecule has 0 bridgehead atoms. The number of nitrogens with one attached hydrogen (secondary N) is 2. The average Bonchev–Trinajstić information content (AvgIpc) is 2.82. The third-order valence-corrected chi connectivity index (χ3v) is 2.64. The molecule has 0 aliphatic carbocycles. The van der Waals surface area contributed by atoms with Crippen molar-refractivity contribution in [2.75, 3.05) is 20.2 Å². The molecule has 1 aliphatic heterocycles. The van der Waals surface area contributed by atoms with Crippen molar-refractivity contribution in [3.8, 4) is 5.75 Å². The molecular weight excluding hydrogens is 202 g/mol. The van der Waals surface area contributed by atoms with Gasteiger partial charge in [-0.05, 0) is 24.6 Å². The Labute approximate surface area is 95.7 Å². The monoisotopic (exact) mass is 219 g/mol. The van der Waals surface area contributed by atoms with Gasteiger partial charge in [-0.2, -0.15) is 0 Å². The van der Waals surface area contributed by atoms with Crippen LogP contribution in [-0.2, 0) is 0 Å². The molecular formula is C12H17N3O. The van der Waals surface area contributed by atoms with Crippen LogP contribution in [0.25, 0.3) is 0 Å². The molecule has 0 saturated heterocycles. The Morgan fingerprint density at radius 1 is 1.38 bits per heavy atom. The van der Waals surface area contributed by atoms with Crippen molar-refractivity contribution in [3.05, 3.63) is 29.8 Å². The second-order valence-corrected chi connectivity index (χ2v) is 3.80. The normalized spacial score (nSPS) is 16.2. The molecule has 2 N–H and O–H groups in total. The van der Waals surface area contributed by atoms with E-state index in [1.165, 1.54) is 5.56 Å². The number of rotatable bonds is 3. The number of nitrogens with zero attached hydrogens (tertiary/aromatic N) is 1. The standard InChI is InChI=1S/C12H17N3O/c1-9(15-12-13-7-8-14-12)10-3-5-11(16-2)6-4-10/h3-6,9H,7-8H2,1-2H3,(H2,13,14,15)/t9-/m0/s1. The third-order valence-electron chi connectivity index (χ3n) is 2.64. The van der Waals surface area contributed by atoms with Crippen LogP contribution in [0.15, 0.2) is 29.3 Å². The van der Waals surface area contributed by atoms with Gasteiger partial charge in [0.15, 0.2) is 5.96 Å². The largest absolute Gasteiger partial charge is 0.497 e. The number of hydrogen-bond acceptors (Lipinski definition) is 4. The zero-order chi connectivity index (χ0) is 11.4. The molecule has 1 heterocycles. The van der Waals surface area contributed by atoms with E-state index in [0.717, 1.165) is 24.8 Å². The highest BCUT2D eigenvalue weighted by Gasteiger charge is 2.10. The average molecular weight is 219 g/mol. The summed E-state index contributed by atoms with van der Waals surface area (Å²) in [6.45, 7) is 3.90. The summed E-state index contributed by atoms with van der Waals surface area (Å²) >= 11 is 0. The molecule has 16 heavy (non-hydrogen) atoms. The lowest BCUT2D eigenvalue weighted by Crippen LogP contribution is -2.35. The van der Waals surface area contributed by atoms with E-state index in [9.17, 15) is 0 Å². The van der Waals surface area contributed by atoms with Crippen molar-refractivity contribution >= 4 is 5.96 Å². The highest BCUT2D eigenvalue weighted by atomic mass is 16.5. The van der Waals surface area contributed by atoms with Crippen LogP contribution in [0.5, 0.6) is 5.75 Å². The molecule has 1 aromatic carbocycles. The van der Waals surface area contributed by atoms with Gasteiger partial charge in [-0.3, -0.25) is 4.99 Å². The maximum atomic E-state index is 5.13. The lowest BCUT2D eigenvalue weighted by Gasteiger charge is -2.15. The first-order chi connectivity index (χ1) is 7.79. The number of ether oxygens (including phenoxy) is 1. The number of benzene rings is 1. The Balaban J connectivity index is 1.99. The smallest absolute Gasteiger partial charge is 0.191 e. The lowest BCUT2D eigenvalue weighted by atomic mass is 10.1.